The van der Waals surface area contributed by atoms with Gasteiger partial charge < -0.3 is 28.4 Å². The van der Waals surface area contributed by atoms with Crippen molar-refractivity contribution in [3.63, 3.8) is 0 Å². The molecule has 0 spiro atoms. The monoisotopic (exact) mass is 382 g/mol. The molecule has 0 amide bonds. The van der Waals surface area contributed by atoms with Gasteiger partial charge in [-0.05, 0) is 35.4 Å². The average Bonchev–Trinajstić information content (AvgIpc) is 3.46. The number of esters is 2. The van der Waals surface area contributed by atoms with E-state index < -0.39 is 36.0 Å². The highest BCUT2D eigenvalue weighted by Gasteiger charge is 2.60. The molecule has 4 heterocycles. The minimum absolute atomic E-state index is 0.142. The van der Waals surface area contributed by atoms with Gasteiger partial charge in [-0.15, -0.1) is 0 Å². The molecule has 0 aromatic heterocycles. The van der Waals surface area contributed by atoms with E-state index in [1.807, 2.05) is 0 Å². The van der Waals surface area contributed by atoms with E-state index in [-0.39, 0.29) is 13.6 Å². The maximum Gasteiger partial charge on any atom is 0.314 e. The van der Waals surface area contributed by atoms with Crippen molar-refractivity contribution in [1.29, 1.82) is 0 Å². The van der Waals surface area contributed by atoms with Crippen LogP contribution in [0.2, 0.25) is 0 Å². The molecule has 28 heavy (non-hydrogen) atoms. The van der Waals surface area contributed by atoms with Crippen LogP contribution in [0.5, 0.6) is 23.0 Å². The molecule has 0 radical (unpaired) electrons. The van der Waals surface area contributed by atoms with Crippen LogP contribution in [-0.2, 0) is 19.1 Å². The van der Waals surface area contributed by atoms with Crippen LogP contribution < -0.4 is 18.9 Å². The molecule has 142 valence electrons. The Morgan fingerprint density at radius 1 is 0.607 bits per heavy atom. The molecule has 4 aliphatic rings. The van der Waals surface area contributed by atoms with Crippen molar-refractivity contribution in [3.05, 3.63) is 47.5 Å². The van der Waals surface area contributed by atoms with Crippen molar-refractivity contribution in [2.75, 3.05) is 13.6 Å². The molecule has 4 atom stereocenters. The number of fused-ring (bicyclic) bond motifs is 3. The summed E-state index contributed by atoms with van der Waals surface area (Å²) in [6.07, 6.45) is -1.45. The Labute approximate surface area is 158 Å². The van der Waals surface area contributed by atoms with Gasteiger partial charge in [-0.3, -0.25) is 9.59 Å². The predicted octanol–water partition coefficient (Wildman–Crippen LogP) is 2.27. The second-order valence-electron chi connectivity index (χ2n) is 6.99. The molecular formula is C20H14O8. The third-order valence-electron chi connectivity index (χ3n) is 5.52. The maximum absolute atomic E-state index is 12.7. The molecular weight excluding hydrogens is 368 g/mol. The van der Waals surface area contributed by atoms with Crippen molar-refractivity contribution < 1.29 is 38.0 Å². The number of carbonyl (C=O) groups is 2. The van der Waals surface area contributed by atoms with E-state index in [1.54, 1.807) is 36.4 Å². The smallest absolute Gasteiger partial charge is 0.314 e. The molecule has 2 fully saturated rings. The molecule has 2 saturated heterocycles. The zero-order valence-corrected chi connectivity index (χ0v) is 14.5. The summed E-state index contributed by atoms with van der Waals surface area (Å²) in [6, 6.07) is 10.5. The van der Waals surface area contributed by atoms with Gasteiger partial charge in [-0.25, -0.2) is 0 Å². The highest BCUT2D eigenvalue weighted by molar-refractivity contribution is 5.89. The lowest BCUT2D eigenvalue weighted by molar-refractivity contribution is -0.154. The molecule has 0 saturated carbocycles. The normalized spacial score (nSPS) is 28.9. The third-order valence-corrected chi connectivity index (χ3v) is 5.52. The van der Waals surface area contributed by atoms with Crippen molar-refractivity contribution in [2.45, 2.75) is 12.2 Å². The summed E-state index contributed by atoms with van der Waals surface area (Å²) in [5.41, 5.74) is 1.35. The van der Waals surface area contributed by atoms with Crippen LogP contribution in [0.3, 0.4) is 0 Å². The second kappa shape index (κ2) is 5.54. The largest absolute Gasteiger partial charge is 0.456 e. The van der Waals surface area contributed by atoms with Crippen molar-refractivity contribution in [2.24, 2.45) is 11.8 Å². The van der Waals surface area contributed by atoms with Crippen LogP contribution in [0, 0.1) is 11.8 Å². The van der Waals surface area contributed by atoms with Crippen molar-refractivity contribution >= 4 is 11.9 Å². The fraction of sp³-hybridized carbons (Fsp3) is 0.300. The van der Waals surface area contributed by atoms with Gasteiger partial charge in [0.1, 0.15) is 24.0 Å². The highest BCUT2D eigenvalue weighted by atomic mass is 16.7. The quantitative estimate of drug-likeness (QED) is 0.731. The summed E-state index contributed by atoms with van der Waals surface area (Å²) >= 11 is 0. The van der Waals surface area contributed by atoms with Crippen molar-refractivity contribution in [3.8, 4) is 23.0 Å². The Morgan fingerprint density at radius 2 is 1.04 bits per heavy atom. The van der Waals surface area contributed by atoms with E-state index in [4.69, 9.17) is 28.4 Å². The van der Waals surface area contributed by atoms with E-state index >= 15 is 0 Å². The van der Waals surface area contributed by atoms with Crippen LogP contribution in [-0.4, -0.2) is 25.5 Å². The number of carbonyl (C=O) groups excluding carboxylic acids is 2. The van der Waals surface area contributed by atoms with Crippen LogP contribution in [0.15, 0.2) is 36.4 Å². The summed E-state index contributed by atoms with van der Waals surface area (Å²) < 4.78 is 32.6. The number of hydrogen-bond donors (Lipinski definition) is 0. The molecule has 6 rings (SSSR count). The molecule has 2 aromatic rings. The van der Waals surface area contributed by atoms with Crippen molar-refractivity contribution in [1.82, 2.24) is 0 Å². The molecule has 4 aliphatic heterocycles. The number of benzene rings is 2. The molecule has 0 unspecified atom stereocenters. The van der Waals surface area contributed by atoms with Gasteiger partial charge in [-0.1, -0.05) is 12.1 Å². The van der Waals surface area contributed by atoms with Crippen LogP contribution >= 0.6 is 0 Å². The summed E-state index contributed by atoms with van der Waals surface area (Å²) in [6.45, 7) is 0.285. The lowest BCUT2D eigenvalue weighted by atomic mass is 9.84. The highest BCUT2D eigenvalue weighted by Crippen LogP contribution is 2.53. The third kappa shape index (κ3) is 2.11. The molecule has 0 N–H and O–H groups in total. The predicted molar refractivity (Wildman–Crippen MR) is 89.8 cm³/mol. The first-order valence-corrected chi connectivity index (χ1v) is 8.89. The van der Waals surface area contributed by atoms with Gasteiger partial charge in [0, 0.05) is 0 Å². The molecule has 0 aliphatic carbocycles. The van der Waals surface area contributed by atoms with Gasteiger partial charge >= 0.3 is 11.9 Å². The van der Waals surface area contributed by atoms with Gasteiger partial charge in [0.05, 0.1) is 0 Å². The number of hydrogen-bond acceptors (Lipinski definition) is 8. The summed E-state index contributed by atoms with van der Waals surface area (Å²) in [4.78, 5) is 25.3. The van der Waals surface area contributed by atoms with E-state index in [9.17, 15) is 9.59 Å². The Balaban J connectivity index is 1.35. The Morgan fingerprint density at radius 3 is 1.50 bits per heavy atom. The fourth-order valence-corrected chi connectivity index (χ4v) is 4.20. The van der Waals surface area contributed by atoms with Gasteiger partial charge in [0.15, 0.2) is 23.0 Å². The Hall–Kier alpha value is -3.42. The van der Waals surface area contributed by atoms with Crippen LogP contribution in [0.1, 0.15) is 23.3 Å². The van der Waals surface area contributed by atoms with Crippen LogP contribution in [0.25, 0.3) is 0 Å². The molecule has 0 bridgehead atoms. The summed E-state index contributed by atoms with van der Waals surface area (Å²) in [5, 5.41) is 0. The standard InChI is InChI=1S/C20H14O8/c21-19-15-16(18(28-19)10-2-4-12-14(6-10)26-8-24-12)20(22)27-17(15)9-1-3-11-13(5-9)25-7-23-11/h1-6,15-18H,7-8H2/t15-,16+,17-,18-/m0/s1. The maximum atomic E-state index is 12.7. The average molecular weight is 382 g/mol. The van der Waals surface area contributed by atoms with E-state index in [0.717, 1.165) is 0 Å². The molecule has 8 heteroatoms. The lowest BCUT2D eigenvalue weighted by Crippen LogP contribution is -2.19. The summed E-state index contributed by atoms with van der Waals surface area (Å²) in [7, 11) is 0. The topological polar surface area (TPSA) is 89.5 Å². The zero-order valence-electron chi connectivity index (χ0n) is 14.5. The minimum Gasteiger partial charge on any atom is -0.456 e. The first kappa shape index (κ1) is 15.6. The first-order valence-electron chi connectivity index (χ1n) is 8.89. The molecule has 8 nitrogen and oxygen atoms in total. The lowest BCUT2D eigenvalue weighted by Gasteiger charge is -2.15. The molecule has 2 aromatic carbocycles. The SMILES string of the molecule is O=C1O[C@@H](c2ccc3c(c2)OCO3)[C@H]2C(=O)O[C@@H](c3ccc4c(c3)OCO4)[C@H]12. The van der Waals surface area contributed by atoms with E-state index in [2.05, 4.69) is 0 Å². The van der Waals surface area contributed by atoms with Crippen LogP contribution in [0.4, 0.5) is 0 Å². The summed E-state index contributed by atoms with van der Waals surface area (Å²) in [5.74, 6) is 0.0223. The van der Waals surface area contributed by atoms with Gasteiger partial charge in [-0.2, -0.15) is 0 Å². The number of ether oxygens (including phenoxy) is 6. The van der Waals surface area contributed by atoms with Gasteiger partial charge in [0.2, 0.25) is 13.6 Å². The second-order valence-corrected chi connectivity index (χ2v) is 6.99. The fourth-order valence-electron chi connectivity index (χ4n) is 4.20. The van der Waals surface area contributed by atoms with E-state index in [0.29, 0.717) is 34.1 Å². The first-order chi connectivity index (χ1) is 13.7. The Kier molecular flexibility index (Phi) is 3.09. The number of rotatable bonds is 2. The zero-order chi connectivity index (χ0) is 18.8. The van der Waals surface area contributed by atoms with E-state index in [1.165, 1.54) is 0 Å². The Bertz CT molecular complexity index is 934. The van der Waals surface area contributed by atoms with Gasteiger partial charge in [0.25, 0.3) is 0 Å². The minimum atomic E-state index is -0.724. The number of cyclic esters (lactones) is 2.